The Kier molecular flexibility index (Phi) is 7.60. The molecule has 1 rings (SSSR count). The predicted molar refractivity (Wildman–Crippen MR) is 102 cm³/mol. The van der Waals surface area contributed by atoms with Crippen LogP contribution in [-0.4, -0.2) is 46.8 Å². The van der Waals surface area contributed by atoms with Crippen molar-refractivity contribution < 1.29 is 19.1 Å². The van der Waals surface area contributed by atoms with E-state index in [4.69, 9.17) is 4.74 Å². The summed E-state index contributed by atoms with van der Waals surface area (Å²) in [5.74, 6) is -0.807. The molecule has 26 heavy (non-hydrogen) atoms. The van der Waals surface area contributed by atoms with Crippen LogP contribution in [0.15, 0.2) is 0 Å². The molecule has 0 radical (unpaired) electrons. The minimum Gasteiger partial charge on any atom is -0.464 e. The summed E-state index contributed by atoms with van der Waals surface area (Å²) < 4.78 is 6.69. The summed E-state index contributed by atoms with van der Waals surface area (Å²) in [5.41, 5.74) is 2.26. The van der Waals surface area contributed by atoms with Crippen LogP contribution >= 0.6 is 0 Å². The molecule has 1 amide bonds. The fraction of sp³-hybridized carbons (Fsp3) is 0.650. The van der Waals surface area contributed by atoms with Gasteiger partial charge in [-0.1, -0.05) is 20.8 Å². The van der Waals surface area contributed by atoms with Gasteiger partial charge < -0.3 is 14.2 Å². The van der Waals surface area contributed by atoms with Gasteiger partial charge in [-0.3, -0.25) is 9.59 Å². The lowest BCUT2D eigenvalue weighted by molar-refractivity contribution is -0.135. The largest absolute Gasteiger partial charge is 0.464 e. The van der Waals surface area contributed by atoms with Crippen molar-refractivity contribution in [2.75, 3.05) is 13.7 Å². The molecule has 0 bridgehead atoms. The second-order valence-electron chi connectivity index (χ2n) is 6.90. The summed E-state index contributed by atoms with van der Waals surface area (Å²) >= 11 is 0. The number of hydrogen-bond acceptors (Lipinski definition) is 4. The molecule has 1 unspecified atom stereocenters. The van der Waals surface area contributed by atoms with E-state index in [9.17, 15) is 14.4 Å². The van der Waals surface area contributed by atoms with Crippen molar-refractivity contribution in [3.8, 4) is 0 Å². The maximum absolute atomic E-state index is 13.3. The second-order valence-corrected chi connectivity index (χ2v) is 6.90. The van der Waals surface area contributed by atoms with Crippen molar-refractivity contribution in [2.24, 2.45) is 5.92 Å². The minimum atomic E-state index is -0.583. The molecule has 6 nitrogen and oxygen atoms in total. The molecule has 0 N–H and O–H groups in total. The summed E-state index contributed by atoms with van der Waals surface area (Å²) in [6.07, 6.45) is 0.775. The van der Waals surface area contributed by atoms with Gasteiger partial charge in [0.15, 0.2) is 5.78 Å². The Morgan fingerprint density at radius 3 is 2.12 bits per heavy atom. The van der Waals surface area contributed by atoms with Crippen LogP contribution in [-0.2, 0) is 16.1 Å². The normalized spacial score (nSPS) is 12.2. The van der Waals surface area contributed by atoms with E-state index in [0.717, 1.165) is 12.1 Å². The molecule has 0 fully saturated rings. The van der Waals surface area contributed by atoms with E-state index in [2.05, 4.69) is 0 Å². The molecule has 0 aromatic carbocycles. The van der Waals surface area contributed by atoms with Gasteiger partial charge in [-0.05, 0) is 39.7 Å². The maximum Gasteiger partial charge on any atom is 0.354 e. The Morgan fingerprint density at radius 1 is 1.12 bits per heavy atom. The van der Waals surface area contributed by atoms with Crippen LogP contribution in [0.3, 0.4) is 0 Å². The third kappa shape index (κ3) is 4.00. The van der Waals surface area contributed by atoms with Gasteiger partial charge >= 0.3 is 5.97 Å². The maximum atomic E-state index is 13.3. The second kappa shape index (κ2) is 9.01. The summed E-state index contributed by atoms with van der Waals surface area (Å²) in [5, 5.41) is 0. The highest BCUT2D eigenvalue weighted by molar-refractivity contribution is 6.06. The van der Waals surface area contributed by atoms with E-state index in [0.29, 0.717) is 29.9 Å². The van der Waals surface area contributed by atoms with Gasteiger partial charge in [0.05, 0.1) is 13.2 Å². The van der Waals surface area contributed by atoms with Crippen LogP contribution in [0, 0.1) is 19.8 Å². The summed E-state index contributed by atoms with van der Waals surface area (Å²) in [6.45, 7) is 14.0. The molecule has 1 aromatic heterocycles. The Balaban J connectivity index is 3.41. The van der Waals surface area contributed by atoms with Crippen molar-refractivity contribution >= 4 is 17.7 Å². The van der Waals surface area contributed by atoms with E-state index in [1.165, 1.54) is 7.11 Å². The van der Waals surface area contributed by atoms with Crippen LogP contribution in [0.25, 0.3) is 0 Å². The van der Waals surface area contributed by atoms with Crippen molar-refractivity contribution in [1.29, 1.82) is 0 Å². The first-order valence-electron chi connectivity index (χ1n) is 9.26. The molecule has 1 atom stereocenters. The molecule has 0 spiro atoms. The minimum absolute atomic E-state index is 0.0360. The Labute approximate surface area is 156 Å². The molecule has 0 aliphatic carbocycles. The molecular formula is C20H32N2O4. The van der Waals surface area contributed by atoms with Gasteiger partial charge in [0.1, 0.15) is 5.69 Å². The monoisotopic (exact) mass is 364 g/mol. The van der Waals surface area contributed by atoms with Gasteiger partial charge in [-0.25, -0.2) is 4.79 Å². The van der Waals surface area contributed by atoms with E-state index in [1.54, 1.807) is 23.3 Å². The number of aromatic nitrogens is 1. The third-order valence-corrected chi connectivity index (χ3v) is 4.80. The number of ketones is 1. The first kappa shape index (κ1) is 21.9. The number of Topliss-reactive ketones (excluding diaryl/α,β-unsaturated/α-hetero) is 1. The molecule has 0 saturated carbocycles. The van der Waals surface area contributed by atoms with Crippen molar-refractivity contribution in [1.82, 2.24) is 9.47 Å². The topological polar surface area (TPSA) is 68.6 Å². The number of hydrogen-bond donors (Lipinski definition) is 0. The lowest BCUT2D eigenvalue weighted by Crippen LogP contribution is -2.45. The standard InChI is InChI=1S/C20H32N2O4/c1-9-11-22(19(24)12(3)4)15(7)18(23)16-13(5)17(20(25)26-8)21(10-2)14(16)6/h12,15H,9-11H2,1-8H3. The SMILES string of the molecule is CCCN(C(=O)C(C)C)C(C)C(=O)c1c(C)c(C(=O)OC)n(CC)c1C. The molecular weight excluding hydrogens is 332 g/mol. The lowest BCUT2D eigenvalue weighted by Gasteiger charge is -2.30. The van der Waals surface area contributed by atoms with E-state index >= 15 is 0 Å². The highest BCUT2D eigenvalue weighted by Gasteiger charge is 2.33. The highest BCUT2D eigenvalue weighted by Crippen LogP contribution is 2.26. The van der Waals surface area contributed by atoms with Crippen molar-refractivity contribution in [3.63, 3.8) is 0 Å². The average Bonchev–Trinajstić information content (AvgIpc) is 2.86. The van der Waals surface area contributed by atoms with E-state index in [1.807, 2.05) is 34.6 Å². The smallest absolute Gasteiger partial charge is 0.354 e. The molecule has 0 aliphatic heterocycles. The zero-order valence-electron chi connectivity index (χ0n) is 17.3. The van der Waals surface area contributed by atoms with Crippen molar-refractivity contribution in [3.05, 3.63) is 22.5 Å². The van der Waals surface area contributed by atoms with Gasteiger partial charge in [-0.2, -0.15) is 0 Å². The Morgan fingerprint density at radius 2 is 1.69 bits per heavy atom. The summed E-state index contributed by atoms with van der Waals surface area (Å²) in [7, 11) is 1.33. The molecule has 1 heterocycles. The summed E-state index contributed by atoms with van der Waals surface area (Å²) in [4.78, 5) is 39.7. The third-order valence-electron chi connectivity index (χ3n) is 4.80. The van der Waals surface area contributed by atoms with Crippen LogP contribution in [0.4, 0.5) is 0 Å². The van der Waals surface area contributed by atoms with Crippen LogP contribution in [0.5, 0.6) is 0 Å². The molecule has 0 aliphatic rings. The lowest BCUT2D eigenvalue weighted by atomic mass is 9.99. The van der Waals surface area contributed by atoms with Crippen LogP contribution < -0.4 is 0 Å². The average molecular weight is 364 g/mol. The predicted octanol–water partition coefficient (Wildman–Crippen LogP) is 3.38. The van der Waals surface area contributed by atoms with Gasteiger partial charge in [0.25, 0.3) is 0 Å². The summed E-state index contributed by atoms with van der Waals surface area (Å²) in [6, 6.07) is -0.583. The number of amides is 1. The molecule has 146 valence electrons. The Hall–Kier alpha value is -2.11. The fourth-order valence-corrected chi connectivity index (χ4v) is 3.43. The zero-order valence-corrected chi connectivity index (χ0v) is 17.3. The molecule has 1 aromatic rings. The number of nitrogens with zero attached hydrogens (tertiary/aromatic N) is 2. The zero-order chi connectivity index (χ0) is 20.2. The Bertz CT molecular complexity index is 688. The molecule has 0 saturated heterocycles. The highest BCUT2D eigenvalue weighted by atomic mass is 16.5. The number of carbonyl (C=O) groups is 3. The van der Waals surface area contributed by atoms with Crippen LogP contribution in [0.1, 0.15) is 73.1 Å². The van der Waals surface area contributed by atoms with Gasteiger partial charge in [0, 0.05) is 30.3 Å². The van der Waals surface area contributed by atoms with Gasteiger partial charge in [-0.15, -0.1) is 0 Å². The quantitative estimate of drug-likeness (QED) is 0.524. The number of carbonyl (C=O) groups excluding carboxylic acids is 3. The first-order chi connectivity index (χ1) is 12.1. The number of esters is 1. The van der Waals surface area contributed by atoms with Crippen molar-refractivity contribution in [2.45, 2.75) is 67.5 Å². The van der Waals surface area contributed by atoms with Crippen LogP contribution in [0.2, 0.25) is 0 Å². The van der Waals surface area contributed by atoms with E-state index < -0.39 is 12.0 Å². The fourth-order valence-electron chi connectivity index (χ4n) is 3.43. The number of methoxy groups -OCH3 is 1. The van der Waals surface area contributed by atoms with E-state index in [-0.39, 0.29) is 17.6 Å². The number of ether oxygens (including phenoxy) is 1. The van der Waals surface area contributed by atoms with Gasteiger partial charge in [0.2, 0.25) is 5.91 Å². The molecule has 6 heteroatoms. The number of rotatable bonds is 8. The first-order valence-corrected chi connectivity index (χ1v) is 9.26.